The fourth-order valence-electron chi connectivity index (χ4n) is 1.39. The normalized spacial score (nSPS) is 36.9. The van der Waals surface area contributed by atoms with Gasteiger partial charge in [0.25, 0.3) is 0 Å². The molecule has 1 N–H and O–H groups in total. The van der Waals surface area contributed by atoms with Crippen molar-refractivity contribution >= 4 is 39.0 Å². The maximum atomic E-state index is 8.10. The molecule has 2 aromatic rings. The lowest BCUT2D eigenvalue weighted by atomic mass is 10.2. The Balaban J connectivity index is 2.30. The minimum Gasteiger partial charge on any atom is -0.353 e. The molecule has 1 saturated heterocycles. The van der Waals surface area contributed by atoms with Gasteiger partial charge in [-0.3, -0.25) is 0 Å². The number of fused-ring (bicyclic) bond motifs is 1. The van der Waals surface area contributed by atoms with Crippen molar-refractivity contribution in [3.05, 3.63) is 23.2 Å². The zero-order valence-electron chi connectivity index (χ0n) is 15.9. The lowest BCUT2D eigenvalue weighted by Crippen LogP contribution is -2.43. The maximum Gasteiger partial charge on any atom is 0.150 e. The lowest BCUT2D eigenvalue weighted by molar-refractivity contribution is 0.587. The quantitative estimate of drug-likeness (QED) is 0.854. The summed E-state index contributed by atoms with van der Waals surface area (Å²) in [6.07, 6.45) is 0. The summed E-state index contributed by atoms with van der Waals surface area (Å²) in [4.78, 5) is 0.422. The van der Waals surface area contributed by atoms with Crippen LogP contribution in [-0.2, 0) is 0 Å². The molecule has 1 aliphatic heterocycles. The Morgan fingerprint density at radius 2 is 2.25 bits per heavy atom. The van der Waals surface area contributed by atoms with Gasteiger partial charge in [-0.15, -0.1) is 0 Å². The van der Waals surface area contributed by atoms with E-state index in [1.807, 2.05) is 0 Å². The van der Waals surface area contributed by atoms with Gasteiger partial charge in [0.1, 0.15) is 5.82 Å². The summed E-state index contributed by atoms with van der Waals surface area (Å²) in [7, 11) is 0. The fourth-order valence-corrected chi connectivity index (χ4v) is 2.31. The first-order valence-electron chi connectivity index (χ1n) is 8.46. The highest BCUT2D eigenvalue weighted by Crippen LogP contribution is 2.31. The van der Waals surface area contributed by atoms with Gasteiger partial charge in [-0.25, -0.2) is 0 Å². The Hall–Kier alpha value is -0.840. The van der Waals surface area contributed by atoms with Crippen LogP contribution in [0.4, 0.5) is 5.82 Å². The molecule has 1 aromatic carbocycles. The maximum absolute atomic E-state index is 8.10. The van der Waals surface area contributed by atoms with Crippen molar-refractivity contribution in [3.8, 4) is 0 Å². The topological polar surface area (TPSA) is 28.2 Å². The van der Waals surface area contributed by atoms with Gasteiger partial charge in [-0.05, 0) is 29.7 Å². The number of rotatable bonds is 1. The van der Waals surface area contributed by atoms with Crippen LogP contribution in [0.2, 0.25) is 5.02 Å². The second kappa shape index (κ2) is 4.20. The zero-order chi connectivity index (χ0) is 18.1. The number of hydrogen-bond donors (Lipinski definition) is 1. The van der Waals surface area contributed by atoms with Crippen LogP contribution in [0.15, 0.2) is 18.2 Å². The predicted octanol–water partition coefficient (Wildman–Crippen LogP) is 2.36. The molecule has 1 aromatic heterocycles. The van der Waals surface area contributed by atoms with E-state index in [1.54, 1.807) is 17.4 Å². The molecule has 0 spiro atoms. The van der Waals surface area contributed by atoms with Crippen LogP contribution in [0.25, 0.3) is 10.1 Å². The summed E-state index contributed by atoms with van der Waals surface area (Å²) in [6.45, 7) is -11.6. The van der Waals surface area contributed by atoms with Crippen LogP contribution < -0.4 is 10.2 Å². The Bertz CT molecular complexity index is 782. The molecule has 0 atom stereocenters. The molecule has 0 bridgehead atoms. The Morgan fingerprint density at radius 1 is 1.44 bits per heavy atom. The monoisotopic (exact) mass is 261 g/mol. The van der Waals surface area contributed by atoms with Crippen molar-refractivity contribution in [1.82, 2.24) is 9.69 Å². The molecule has 1 aliphatic rings. The summed E-state index contributed by atoms with van der Waals surface area (Å²) in [6, 6.07) is 4.70. The van der Waals surface area contributed by atoms with Crippen molar-refractivity contribution < 1.29 is 11.0 Å². The average Bonchev–Trinajstić information content (AvgIpc) is 2.78. The minimum absolute atomic E-state index is 0.193. The predicted molar refractivity (Wildman–Crippen MR) is 69.7 cm³/mol. The number of piperazine rings is 1. The third-order valence-corrected chi connectivity index (χ3v) is 3.14. The molecule has 0 radical (unpaired) electrons. The number of hydrogen-bond acceptors (Lipinski definition) is 4. The first-order valence-corrected chi connectivity index (χ1v) is 5.61. The van der Waals surface area contributed by atoms with Gasteiger partial charge in [0.15, 0.2) is 0 Å². The van der Waals surface area contributed by atoms with E-state index in [-0.39, 0.29) is 5.82 Å². The largest absolute Gasteiger partial charge is 0.353 e. The van der Waals surface area contributed by atoms with Crippen LogP contribution in [0.1, 0.15) is 11.0 Å². The van der Waals surface area contributed by atoms with E-state index in [9.17, 15) is 0 Å². The van der Waals surface area contributed by atoms with Crippen molar-refractivity contribution in [3.63, 3.8) is 0 Å². The Morgan fingerprint density at radius 3 is 3.06 bits per heavy atom. The van der Waals surface area contributed by atoms with E-state index in [0.29, 0.717) is 20.0 Å². The molecule has 0 unspecified atom stereocenters. The first-order chi connectivity index (χ1) is 10.8. The van der Waals surface area contributed by atoms with Crippen molar-refractivity contribution in [1.29, 1.82) is 0 Å². The SMILES string of the molecule is [2H]C1([2H])NC([2H])([2H])C([2H])([2H])N(c2nsc3ccc(Cl)cc23)C1([2H])[2H]. The number of halogens is 1. The van der Waals surface area contributed by atoms with Gasteiger partial charge in [-0.1, -0.05) is 11.6 Å². The first kappa shape index (κ1) is 4.80. The summed E-state index contributed by atoms with van der Waals surface area (Å²) in [5, 5.41) is 2.44. The molecule has 16 heavy (non-hydrogen) atoms. The number of aromatic nitrogens is 1. The second-order valence-electron chi connectivity index (χ2n) is 3.08. The van der Waals surface area contributed by atoms with Crippen molar-refractivity contribution in [2.24, 2.45) is 0 Å². The van der Waals surface area contributed by atoms with Gasteiger partial charge in [-0.2, -0.15) is 4.37 Å². The molecule has 0 aliphatic carbocycles. The van der Waals surface area contributed by atoms with E-state index in [4.69, 9.17) is 22.6 Å². The standard InChI is InChI=1S/C11H12ClN3S/c12-8-1-2-10-9(7-8)11(14-16-10)15-5-3-13-4-6-15/h1-2,7,13H,3-6H2/i3D2,4D2,5D2,6D2. The summed E-state index contributed by atoms with van der Waals surface area (Å²) in [5.41, 5.74) is 0. The molecule has 1 fully saturated rings. The number of nitrogens with one attached hydrogen (secondary N) is 1. The van der Waals surface area contributed by atoms with E-state index in [0.717, 1.165) is 11.5 Å². The third kappa shape index (κ3) is 1.77. The second-order valence-corrected chi connectivity index (χ2v) is 4.32. The molecule has 0 amide bonds. The molecular weight excluding hydrogens is 242 g/mol. The summed E-state index contributed by atoms with van der Waals surface area (Å²) >= 11 is 6.92. The van der Waals surface area contributed by atoms with Gasteiger partial charge in [0.2, 0.25) is 0 Å². The van der Waals surface area contributed by atoms with Crippen molar-refractivity contribution in [2.75, 3.05) is 30.9 Å². The smallest absolute Gasteiger partial charge is 0.150 e. The van der Waals surface area contributed by atoms with E-state index in [1.165, 1.54) is 6.07 Å². The van der Waals surface area contributed by atoms with Gasteiger partial charge in [0.05, 0.1) is 10.2 Å². The van der Waals surface area contributed by atoms with E-state index >= 15 is 0 Å². The highest BCUT2D eigenvalue weighted by molar-refractivity contribution is 7.13. The van der Waals surface area contributed by atoms with Crippen LogP contribution in [0.3, 0.4) is 0 Å². The van der Waals surface area contributed by atoms with Crippen LogP contribution in [0.5, 0.6) is 0 Å². The van der Waals surface area contributed by atoms with Crippen LogP contribution in [-0.4, -0.2) is 30.4 Å². The van der Waals surface area contributed by atoms with Gasteiger partial charge in [0, 0.05) is 41.9 Å². The summed E-state index contributed by atoms with van der Waals surface area (Å²) in [5.74, 6) is -0.193. The molecule has 0 saturated carbocycles. The molecular formula is C11H12ClN3S. The summed E-state index contributed by atoms with van der Waals surface area (Å²) < 4.78 is 68.4. The van der Waals surface area contributed by atoms with Crippen molar-refractivity contribution in [2.45, 2.75) is 0 Å². The van der Waals surface area contributed by atoms with Crippen LogP contribution >= 0.6 is 23.1 Å². The van der Waals surface area contributed by atoms with E-state index < -0.39 is 26.0 Å². The molecule has 5 heteroatoms. The van der Waals surface area contributed by atoms with Gasteiger partial charge >= 0.3 is 0 Å². The Kier molecular flexibility index (Phi) is 1.26. The lowest BCUT2D eigenvalue weighted by Gasteiger charge is -2.27. The van der Waals surface area contributed by atoms with E-state index in [2.05, 4.69) is 4.37 Å². The average molecular weight is 262 g/mol. The molecule has 3 rings (SSSR count). The third-order valence-electron chi connectivity index (χ3n) is 2.09. The molecule has 2 heterocycles. The molecule has 84 valence electrons. The molecule has 3 nitrogen and oxygen atoms in total. The minimum atomic E-state index is -2.91. The highest BCUT2D eigenvalue weighted by atomic mass is 35.5. The van der Waals surface area contributed by atoms with Gasteiger partial charge < -0.3 is 10.2 Å². The Labute approximate surface area is 114 Å². The fraction of sp³-hybridized carbons (Fsp3) is 0.364. The number of anilines is 1. The number of nitrogens with zero attached hydrogens (tertiary/aromatic N) is 2. The zero-order valence-corrected chi connectivity index (χ0v) is 9.49. The van der Waals surface area contributed by atoms with Crippen LogP contribution in [0, 0.1) is 0 Å². The number of benzene rings is 1. The highest BCUT2D eigenvalue weighted by Gasteiger charge is 2.16.